The van der Waals surface area contributed by atoms with E-state index in [0.29, 0.717) is 27.1 Å². The smallest absolute Gasteiger partial charge is 0.251 e. The third kappa shape index (κ3) is 2.35. The molecule has 1 N–H and O–H groups in total. The number of H-pyrrole nitrogens is 1. The van der Waals surface area contributed by atoms with Crippen molar-refractivity contribution in [3.8, 4) is 0 Å². The number of aromatic amines is 1. The quantitative estimate of drug-likeness (QED) is 0.663. The minimum atomic E-state index is -0.212. The number of hydrogen-bond acceptors (Lipinski definition) is 5. The molecule has 0 spiro atoms. The second-order valence-electron chi connectivity index (χ2n) is 3.84. The fraction of sp³-hybridized carbons (Fsp3) is 0.273. The zero-order valence-corrected chi connectivity index (χ0v) is 11.0. The molecule has 94 valence electrons. The fourth-order valence-corrected chi connectivity index (χ4v) is 2.60. The van der Waals surface area contributed by atoms with Crippen molar-refractivity contribution in [2.75, 3.05) is 0 Å². The van der Waals surface area contributed by atoms with Crippen molar-refractivity contribution in [1.29, 1.82) is 0 Å². The average Bonchev–Trinajstić information content (AvgIpc) is 2.52. The first-order valence-electron chi connectivity index (χ1n) is 5.26. The van der Waals surface area contributed by atoms with Crippen molar-refractivity contribution in [2.24, 2.45) is 7.05 Å². The number of carbonyl (C=O) groups is 1. The molecule has 0 aliphatic heterocycles. The second-order valence-corrected chi connectivity index (χ2v) is 4.82. The topological polar surface area (TPSA) is 80.6 Å². The molecule has 7 heteroatoms. The maximum atomic E-state index is 11.3. The molecule has 0 aromatic carbocycles. The number of nitrogens with zero attached hydrogens (tertiary/aromatic N) is 3. The van der Waals surface area contributed by atoms with Gasteiger partial charge in [-0.2, -0.15) is 5.10 Å². The van der Waals surface area contributed by atoms with Crippen LogP contribution in [0.1, 0.15) is 21.7 Å². The number of rotatable bonds is 3. The number of carbonyl (C=O) groups excluding carboxylic acids is 1. The first kappa shape index (κ1) is 12.6. The van der Waals surface area contributed by atoms with Crippen LogP contribution in [0.4, 0.5) is 0 Å². The van der Waals surface area contributed by atoms with Gasteiger partial charge in [-0.15, -0.1) is 0 Å². The molecular weight excluding hydrogens is 252 g/mol. The largest absolute Gasteiger partial charge is 0.301 e. The third-order valence-electron chi connectivity index (χ3n) is 2.37. The van der Waals surface area contributed by atoms with Crippen LogP contribution in [0, 0.1) is 13.8 Å². The fourth-order valence-electron chi connectivity index (χ4n) is 1.60. The van der Waals surface area contributed by atoms with E-state index in [2.05, 4.69) is 15.1 Å². The van der Waals surface area contributed by atoms with Crippen molar-refractivity contribution in [3.05, 3.63) is 33.4 Å². The van der Waals surface area contributed by atoms with Gasteiger partial charge in [0.25, 0.3) is 5.56 Å². The van der Waals surface area contributed by atoms with Crippen LogP contribution < -0.4 is 5.56 Å². The molecule has 0 bridgehead atoms. The predicted molar refractivity (Wildman–Crippen MR) is 67.1 cm³/mol. The monoisotopic (exact) mass is 264 g/mol. The van der Waals surface area contributed by atoms with Gasteiger partial charge in [-0.25, -0.2) is 4.98 Å². The van der Waals surface area contributed by atoms with E-state index in [9.17, 15) is 9.59 Å². The summed E-state index contributed by atoms with van der Waals surface area (Å²) in [6.07, 6.45) is 0.762. The van der Waals surface area contributed by atoms with Crippen LogP contribution in [0.5, 0.6) is 0 Å². The SMILES string of the molecule is Cc1cc(=O)[nH]c(Sc2c(C=O)c(C)nn2C)n1. The Balaban J connectivity index is 2.45. The van der Waals surface area contributed by atoms with E-state index < -0.39 is 0 Å². The van der Waals surface area contributed by atoms with Crippen molar-refractivity contribution in [1.82, 2.24) is 19.7 Å². The van der Waals surface area contributed by atoms with E-state index in [0.717, 1.165) is 6.29 Å². The Morgan fingerprint density at radius 2 is 2.17 bits per heavy atom. The molecule has 0 atom stereocenters. The second kappa shape index (κ2) is 4.77. The van der Waals surface area contributed by atoms with Gasteiger partial charge in [0.05, 0.1) is 11.3 Å². The first-order chi connectivity index (χ1) is 8.51. The van der Waals surface area contributed by atoms with E-state index in [4.69, 9.17) is 0 Å². The van der Waals surface area contributed by atoms with Gasteiger partial charge >= 0.3 is 0 Å². The molecule has 0 saturated heterocycles. The molecule has 0 unspecified atom stereocenters. The van der Waals surface area contributed by atoms with E-state index in [1.807, 2.05) is 0 Å². The summed E-state index contributed by atoms with van der Waals surface area (Å²) in [5.41, 5.74) is 1.60. The van der Waals surface area contributed by atoms with Crippen molar-refractivity contribution >= 4 is 18.0 Å². The van der Waals surface area contributed by atoms with Gasteiger partial charge < -0.3 is 4.98 Å². The maximum absolute atomic E-state index is 11.3. The van der Waals surface area contributed by atoms with E-state index in [1.54, 1.807) is 25.6 Å². The van der Waals surface area contributed by atoms with Gasteiger partial charge in [0.15, 0.2) is 11.4 Å². The average molecular weight is 264 g/mol. The molecule has 6 nitrogen and oxygen atoms in total. The molecule has 2 heterocycles. The molecule has 0 amide bonds. The summed E-state index contributed by atoms with van der Waals surface area (Å²) in [6.45, 7) is 3.51. The maximum Gasteiger partial charge on any atom is 0.251 e. The highest BCUT2D eigenvalue weighted by Gasteiger charge is 2.15. The highest BCUT2D eigenvalue weighted by atomic mass is 32.2. The van der Waals surface area contributed by atoms with E-state index in [1.165, 1.54) is 17.8 Å². The lowest BCUT2D eigenvalue weighted by molar-refractivity contribution is 0.112. The Kier molecular flexibility index (Phi) is 3.33. The molecular formula is C11H12N4O2S. The lowest BCUT2D eigenvalue weighted by atomic mass is 10.3. The third-order valence-corrected chi connectivity index (χ3v) is 3.44. The van der Waals surface area contributed by atoms with Crippen LogP contribution >= 0.6 is 11.8 Å². The van der Waals surface area contributed by atoms with Crippen LogP contribution in [0.25, 0.3) is 0 Å². The molecule has 0 aliphatic rings. The predicted octanol–water partition coefficient (Wildman–Crippen LogP) is 1.08. The minimum Gasteiger partial charge on any atom is -0.301 e. The summed E-state index contributed by atoms with van der Waals surface area (Å²) in [6, 6.07) is 1.42. The molecule has 2 rings (SSSR count). The lowest BCUT2D eigenvalue weighted by Gasteiger charge is -2.02. The molecule has 2 aromatic rings. The Morgan fingerprint density at radius 1 is 1.44 bits per heavy atom. The van der Waals surface area contributed by atoms with E-state index in [-0.39, 0.29) is 5.56 Å². The number of aromatic nitrogens is 4. The zero-order chi connectivity index (χ0) is 13.3. The molecule has 0 saturated carbocycles. The highest BCUT2D eigenvalue weighted by molar-refractivity contribution is 7.99. The minimum absolute atomic E-state index is 0.212. The van der Waals surface area contributed by atoms with Gasteiger partial charge in [-0.1, -0.05) is 0 Å². The number of aldehydes is 1. The molecule has 0 aliphatic carbocycles. The van der Waals surface area contributed by atoms with Crippen molar-refractivity contribution in [2.45, 2.75) is 24.0 Å². The Morgan fingerprint density at radius 3 is 2.78 bits per heavy atom. The lowest BCUT2D eigenvalue weighted by Crippen LogP contribution is -2.08. The van der Waals surface area contributed by atoms with Gasteiger partial charge in [0.1, 0.15) is 5.03 Å². The van der Waals surface area contributed by atoms with Gasteiger partial charge in [0.2, 0.25) is 0 Å². The standard InChI is InChI=1S/C11H12N4O2S/c1-6-4-9(17)13-11(12-6)18-10-8(5-16)7(2)14-15(10)3/h4-5H,1-3H3,(H,12,13,17). The van der Waals surface area contributed by atoms with Gasteiger partial charge in [-0.3, -0.25) is 14.3 Å². The Hall–Kier alpha value is -1.89. The molecule has 18 heavy (non-hydrogen) atoms. The van der Waals surface area contributed by atoms with Crippen LogP contribution in [0.2, 0.25) is 0 Å². The molecule has 2 aromatic heterocycles. The summed E-state index contributed by atoms with van der Waals surface area (Å²) < 4.78 is 1.60. The summed E-state index contributed by atoms with van der Waals surface area (Å²) in [7, 11) is 1.75. The van der Waals surface area contributed by atoms with Crippen molar-refractivity contribution < 1.29 is 4.79 Å². The molecule has 0 fully saturated rings. The summed E-state index contributed by atoms with van der Waals surface area (Å²) in [5.74, 6) is 0. The van der Waals surface area contributed by atoms with Gasteiger partial charge in [-0.05, 0) is 25.6 Å². The number of hydrogen-bond donors (Lipinski definition) is 1. The normalized spacial score (nSPS) is 10.6. The highest BCUT2D eigenvalue weighted by Crippen LogP contribution is 2.27. The van der Waals surface area contributed by atoms with Crippen molar-refractivity contribution in [3.63, 3.8) is 0 Å². The zero-order valence-electron chi connectivity index (χ0n) is 10.2. The van der Waals surface area contributed by atoms with Gasteiger partial charge in [0, 0.05) is 18.8 Å². The first-order valence-corrected chi connectivity index (χ1v) is 6.07. The van der Waals surface area contributed by atoms with E-state index >= 15 is 0 Å². The van der Waals surface area contributed by atoms with Crippen LogP contribution in [-0.4, -0.2) is 26.0 Å². The van der Waals surface area contributed by atoms with Crippen LogP contribution in [-0.2, 0) is 7.05 Å². The summed E-state index contributed by atoms with van der Waals surface area (Å²) in [5, 5.41) is 5.28. The summed E-state index contributed by atoms with van der Waals surface area (Å²) >= 11 is 1.22. The molecule has 0 radical (unpaired) electrons. The number of nitrogens with one attached hydrogen (secondary N) is 1. The van der Waals surface area contributed by atoms with Crippen LogP contribution in [0.15, 0.2) is 21.0 Å². The summed E-state index contributed by atoms with van der Waals surface area (Å²) in [4.78, 5) is 29.2. The Labute approximate surface area is 107 Å². The Bertz CT molecular complexity index is 660. The van der Waals surface area contributed by atoms with Crippen LogP contribution in [0.3, 0.4) is 0 Å². The number of aryl methyl sites for hydroxylation is 3.